The Hall–Kier alpha value is -1.91. The van der Waals surface area contributed by atoms with E-state index < -0.39 is 10.1 Å². The molecule has 1 heterocycles. The molecule has 0 fully saturated rings. The molecule has 0 aliphatic heterocycles. The Kier molecular flexibility index (Phi) is 4.30. The number of rotatable bonds is 5. The summed E-state index contributed by atoms with van der Waals surface area (Å²) in [5.41, 5.74) is 2.49. The average Bonchev–Trinajstić information content (AvgIpc) is 2.69. The molecule has 0 bridgehead atoms. The zero-order chi connectivity index (χ0) is 15.6. The van der Waals surface area contributed by atoms with E-state index >= 15 is 0 Å². The third-order valence-corrected chi connectivity index (χ3v) is 4.37. The number of nitrogens with zero attached hydrogens (tertiary/aromatic N) is 3. The Balaban J connectivity index is 2.46. The fourth-order valence-electron chi connectivity index (χ4n) is 2.62. The Morgan fingerprint density at radius 2 is 2.14 bits per heavy atom. The van der Waals surface area contributed by atoms with Crippen LogP contribution in [0.1, 0.15) is 24.7 Å². The maximum Gasteiger partial charge on any atom is 0.265 e. The first-order valence-corrected chi connectivity index (χ1v) is 8.36. The van der Waals surface area contributed by atoms with Gasteiger partial charge in [-0.05, 0) is 19.1 Å². The quantitative estimate of drug-likeness (QED) is 0.668. The highest BCUT2D eigenvalue weighted by molar-refractivity contribution is 7.85. The molecule has 7 heteroatoms. The summed E-state index contributed by atoms with van der Waals surface area (Å²) in [4.78, 5) is 0. The van der Waals surface area contributed by atoms with Gasteiger partial charge >= 0.3 is 0 Å². The maximum absolute atomic E-state index is 10.8. The lowest BCUT2D eigenvalue weighted by Gasteiger charge is -2.00. The Morgan fingerprint density at radius 3 is 2.71 bits per heavy atom. The predicted molar refractivity (Wildman–Crippen MR) is 78.3 cm³/mol. The highest BCUT2D eigenvalue weighted by atomic mass is 32.2. The first-order chi connectivity index (χ1) is 9.87. The van der Waals surface area contributed by atoms with Crippen LogP contribution in [-0.2, 0) is 23.2 Å². The van der Waals surface area contributed by atoms with Gasteiger partial charge in [0.1, 0.15) is 0 Å². The SMILES string of the molecule is CC[n+]1c(C)n(CCCS(=O)(=O)O)c2cc(C#N)ccc21. The summed E-state index contributed by atoms with van der Waals surface area (Å²) < 4.78 is 34.6. The fourth-order valence-corrected chi connectivity index (χ4v) is 3.11. The minimum absolute atomic E-state index is 0.268. The third kappa shape index (κ3) is 3.23. The summed E-state index contributed by atoms with van der Waals surface area (Å²) in [6.45, 7) is 5.26. The number of hydrogen-bond donors (Lipinski definition) is 1. The number of hydrogen-bond acceptors (Lipinski definition) is 3. The van der Waals surface area contributed by atoms with Crippen molar-refractivity contribution in [3.63, 3.8) is 0 Å². The first kappa shape index (κ1) is 15.5. The minimum Gasteiger partial charge on any atom is -0.286 e. The zero-order valence-corrected chi connectivity index (χ0v) is 12.9. The van der Waals surface area contributed by atoms with Gasteiger partial charge in [0.15, 0.2) is 11.0 Å². The molecule has 1 N–H and O–H groups in total. The number of fused-ring (bicyclic) bond motifs is 1. The monoisotopic (exact) mass is 308 g/mol. The number of aromatic nitrogens is 2. The van der Waals surface area contributed by atoms with Gasteiger partial charge in [0.25, 0.3) is 15.9 Å². The largest absolute Gasteiger partial charge is 0.286 e. The van der Waals surface area contributed by atoms with Crippen molar-refractivity contribution in [1.29, 1.82) is 5.26 Å². The van der Waals surface area contributed by atoms with Crippen molar-refractivity contribution in [1.82, 2.24) is 4.57 Å². The van der Waals surface area contributed by atoms with Gasteiger partial charge in [-0.1, -0.05) is 0 Å². The van der Waals surface area contributed by atoms with Crippen LogP contribution in [0.25, 0.3) is 11.0 Å². The molecule has 2 aromatic rings. The van der Waals surface area contributed by atoms with Crippen LogP contribution < -0.4 is 4.57 Å². The lowest BCUT2D eigenvalue weighted by Crippen LogP contribution is -2.35. The molecule has 1 aromatic carbocycles. The molecule has 0 saturated heterocycles. The number of benzene rings is 1. The van der Waals surface area contributed by atoms with Crippen molar-refractivity contribution in [2.75, 3.05) is 5.75 Å². The Bertz CT molecular complexity index is 816. The molecule has 21 heavy (non-hydrogen) atoms. The third-order valence-electron chi connectivity index (χ3n) is 3.57. The first-order valence-electron chi connectivity index (χ1n) is 6.75. The van der Waals surface area contributed by atoms with E-state index in [4.69, 9.17) is 9.81 Å². The zero-order valence-electron chi connectivity index (χ0n) is 12.1. The highest BCUT2D eigenvalue weighted by Crippen LogP contribution is 2.17. The van der Waals surface area contributed by atoms with Crippen LogP contribution in [0.5, 0.6) is 0 Å². The van der Waals surface area contributed by atoms with Crippen molar-refractivity contribution in [3.05, 3.63) is 29.6 Å². The van der Waals surface area contributed by atoms with Crippen molar-refractivity contribution < 1.29 is 17.5 Å². The second kappa shape index (κ2) is 5.84. The van der Waals surface area contributed by atoms with Gasteiger partial charge < -0.3 is 0 Å². The molecule has 0 amide bonds. The summed E-state index contributed by atoms with van der Waals surface area (Å²) in [5, 5.41) is 9.03. The molecular weight excluding hydrogens is 290 g/mol. The van der Waals surface area contributed by atoms with Crippen LogP contribution in [0.3, 0.4) is 0 Å². The van der Waals surface area contributed by atoms with Crippen LogP contribution in [0.15, 0.2) is 18.2 Å². The molecular formula is C14H18N3O3S+. The van der Waals surface area contributed by atoms with E-state index in [2.05, 4.69) is 10.6 Å². The number of imidazole rings is 1. The molecule has 1 aromatic heterocycles. The molecule has 112 valence electrons. The molecule has 0 spiro atoms. The molecule has 0 aliphatic carbocycles. The van der Waals surface area contributed by atoms with Crippen LogP contribution in [0.2, 0.25) is 0 Å². The van der Waals surface area contributed by atoms with Crippen molar-refractivity contribution in [2.24, 2.45) is 0 Å². The molecule has 0 aliphatic rings. The van der Waals surface area contributed by atoms with Crippen LogP contribution in [0, 0.1) is 18.3 Å². The minimum atomic E-state index is -3.94. The summed E-state index contributed by atoms with van der Waals surface area (Å²) in [6.07, 6.45) is 0.323. The molecule has 2 rings (SSSR count). The topological polar surface area (TPSA) is 87.0 Å². The normalized spacial score (nSPS) is 11.7. The van der Waals surface area contributed by atoms with Crippen molar-refractivity contribution >= 4 is 21.2 Å². The lowest BCUT2D eigenvalue weighted by atomic mass is 10.2. The van der Waals surface area contributed by atoms with Gasteiger partial charge in [-0.3, -0.25) is 4.55 Å². The van der Waals surface area contributed by atoms with E-state index in [-0.39, 0.29) is 5.75 Å². The van der Waals surface area contributed by atoms with Gasteiger partial charge in [-0.25, -0.2) is 9.13 Å². The van der Waals surface area contributed by atoms with E-state index in [9.17, 15) is 8.42 Å². The second-order valence-corrected chi connectivity index (χ2v) is 6.47. The van der Waals surface area contributed by atoms with E-state index in [0.29, 0.717) is 18.5 Å². The van der Waals surface area contributed by atoms with Gasteiger partial charge in [-0.15, -0.1) is 0 Å². The molecule has 0 saturated carbocycles. The van der Waals surface area contributed by atoms with Crippen LogP contribution >= 0.6 is 0 Å². The van der Waals surface area contributed by atoms with Crippen LogP contribution in [0.4, 0.5) is 0 Å². The standard InChI is InChI=1S/C14H17N3O3S/c1-3-16-11(2)17(7-4-8-21(18,19)20)14-9-12(10-15)5-6-13(14)16/h5-6,9H,3-4,7-8H2,1-2H3/p+1. The Morgan fingerprint density at radius 1 is 1.43 bits per heavy atom. The van der Waals surface area contributed by atoms with Gasteiger partial charge in [0.05, 0.1) is 30.5 Å². The van der Waals surface area contributed by atoms with Crippen molar-refractivity contribution in [2.45, 2.75) is 33.4 Å². The van der Waals surface area contributed by atoms with Crippen LogP contribution in [-0.4, -0.2) is 23.3 Å². The van der Waals surface area contributed by atoms with E-state index in [1.54, 1.807) is 6.07 Å². The van der Waals surface area contributed by atoms with Gasteiger partial charge in [0, 0.05) is 19.4 Å². The fraction of sp³-hybridized carbons (Fsp3) is 0.429. The van der Waals surface area contributed by atoms with Crippen molar-refractivity contribution in [3.8, 4) is 6.07 Å². The molecule has 0 radical (unpaired) electrons. The van der Waals surface area contributed by atoms with E-state index in [1.165, 1.54) is 0 Å². The summed E-state index contributed by atoms with van der Waals surface area (Å²) in [5.74, 6) is 0.730. The smallest absolute Gasteiger partial charge is 0.265 e. The van der Waals surface area contributed by atoms with Gasteiger partial charge in [0.2, 0.25) is 0 Å². The predicted octanol–water partition coefficient (Wildman–Crippen LogP) is 1.41. The summed E-state index contributed by atoms with van der Waals surface area (Å²) >= 11 is 0. The van der Waals surface area contributed by atoms with E-state index in [1.807, 2.05) is 30.5 Å². The average molecular weight is 308 g/mol. The number of nitriles is 1. The Labute approximate surface area is 124 Å². The maximum atomic E-state index is 10.8. The molecule has 6 nitrogen and oxygen atoms in total. The summed E-state index contributed by atoms with van der Waals surface area (Å²) in [6, 6.07) is 7.60. The molecule has 0 unspecified atom stereocenters. The lowest BCUT2D eigenvalue weighted by molar-refractivity contribution is -0.675. The van der Waals surface area contributed by atoms with E-state index in [0.717, 1.165) is 23.4 Å². The highest BCUT2D eigenvalue weighted by Gasteiger charge is 2.21. The summed E-state index contributed by atoms with van der Waals surface area (Å²) in [7, 11) is -3.94. The molecule has 0 atom stereocenters. The number of aryl methyl sites for hydroxylation is 2. The van der Waals surface area contributed by atoms with Gasteiger partial charge in [-0.2, -0.15) is 13.7 Å². The second-order valence-electron chi connectivity index (χ2n) is 4.90.